The van der Waals surface area contributed by atoms with Gasteiger partial charge in [0.05, 0.1) is 34.3 Å². The molecule has 3 aliphatic rings. The number of alkyl halides is 2. The molecule has 3 aliphatic carbocycles. The van der Waals surface area contributed by atoms with Gasteiger partial charge in [0.15, 0.2) is 5.60 Å². The molecule has 1 aromatic carbocycles. The number of nitrogens with zero attached hydrogens (tertiary/aromatic N) is 5. The van der Waals surface area contributed by atoms with Gasteiger partial charge in [0.1, 0.15) is 29.3 Å². The fourth-order valence-electron chi connectivity index (χ4n) is 5.43. The van der Waals surface area contributed by atoms with E-state index >= 15 is 0 Å². The quantitative estimate of drug-likeness (QED) is 0.363. The maximum atomic E-state index is 14.4. The zero-order chi connectivity index (χ0) is 25.9. The predicted octanol–water partition coefficient (Wildman–Crippen LogP) is 5.30. The Morgan fingerprint density at radius 3 is 2.49 bits per heavy atom. The summed E-state index contributed by atoms with van der Waals surface area (Å²) in [6.45, 7) is 0.956. The number of aromatic nitrogens is 5. The minimum atomic E-state index is -3.06. The van der Waals surface area contributed by atoms with Crippen LogP contribution < -0.4 is 0 Å². The lowest BCUT2D eigenvalue weighted by Gasteiger charge is -2.46. The first kappa shape index (κ1) is 23.7. The molecular formula is C26H21F4N5O2. The van der Waals surface area contributed by atoms with Crippen molar-refractivity contribution in [3.8, 4) is 22.8 Å². The van der Waals surface area contributed by atoms with Gasteiger partial charge in [0.2, 0.25) is 5.89 Å². The van der Waals surface area contributed by atoms with Gasteiger partial charge in [0.25, 0.3) is 6.43 Å². The summed E-state index contributed by atoms with van der Waals surface area (Å²) in [5, 5.41) is 18.7. The molecule has 0 saturated heterocycles. The van der Waals surface area contributed by atoms with Crippen LogP contribution in [0.3, 0.4) is 0 Å². The van der Waals surface area contributed by atoms with Crippen molar-refractivity contribution in [2.45, 2.75) is 56.0 Å². The standard InChI is InChI=1S/C26H21F4N5O2/c1-25(36,24(29)30)20-12-37-23(33-20)18-10-31-11-19(32-18)26-7-5-13(6-8-26)14-9-17(34-35-22(14)26)21-15(27)3-2-4-16(21)28/h2-4,9-13,24,36H,5-8H2,1H3/t13?,25-,26?/m1/s1. The monoisotopic (exact) mass is 511 g/mol. The Bertz CT molecular complexity index is 1480. The second-order valence-electron chi connectivity index (χ2n) is 9.76. The van der Waals surface area contributed by atoms with E-state index in [2.05, 4.69) is 20.2 Å². The van der Waals surface area contributed by atoms with Crippen LogP contribution in [0.5, 0.6) is 0 Å². The maximum Gasteiger partial charge on any atom is 0.272 e. The predicted molar refractivity (Wildman–Crippen MR) is 122 cm³/mol. The van der Waals surface area contributed by atoms with Gasteiger partial charge in [-0.15, -0.1) is 5.10 Å². The van der Waals surface area contributed by atoms with Crippen LogP contribution in [-0.4, -0.2) is 36.7 Å². The number of oxazole rings is 1. The molecule has 190 valence electrons. The highest BCUT2D eigenvalue weighted by Gasteiger charge is 2.49. The summed E-state index contributed by atoms with van der Waals surface area (Å²) in [7, 11) is 0. The van der Waals surface area contributed by atoms with Crippen molar-refractivity contribution >= 4 is 0 Å². The Hall–Kier alpha value is -3.73. The molecule has 2 bridgehead atoms. The van der Waals surface area contributed by atoms with Gasteiger partial charge in [0, 0.05) is 6.20 Å². The van der Waals surface area contributed by atoms with Gasteiger partial charge < -0.3 is 9.52 Å². The summed E-state index contributed by atoms with van der Waals surface area (Å²) in [6.07, 6.45) is 4.03. The van der Waals surface area contributed by atoms with Crippen molar-refractivity contribution in [3.63, 3.8) is 0 Å². The lowest BCUT2D eigenvalue weighted by Crippen LogP contribution is -2.41. The summed E-state index contributed by atoms with van der Waals surface area (Å²) in [4.78, 5) is 13.0. The van der Waals surface area contributed by atoms with Crippen molar-refractivity contribution in [1.82, 2.24) is 25.1 Å². The molecule has 0 unspecified atom stereocenters. The second kappa shape index (κ2) is 8.41. The van der Waals surface area contributed by atoms with E-state index < -0.39 is 29.1 Å². The van der Waals surface area contributed by atoms with Crippen LogP contribution in [0.4, 0.5) is 17.6 Å². The van der Waals surface area contributed by atoms with E-state index in [9.17, 15) is 22.7 Å². The van der Waals surface area contributed by atoms with Crippen LogP contribution in [0.2, 0.25) is 0 Å². The SMILES string of the molecule is C[C@@](O)(c1coc(-c2cncc(C34CCC(CC3)c3cc(-c5c(F)cccc5F)nnc34)n2)n1)C(F)F. The fraction of sp³-hybridized carbons (Fsp3) is 0.346. The first-order valence-electron chi connectivity index (χ1n) is 11.8. The Kier molecular flexibility index (Phi) is 5.37. The van der Waals surface area contributed by atoms with E-state index in [0.29, 0.717) is 11.4 Å². The van der Waals surface area contributed by atoms with Gasteiger partial charge in [-0.25, -0.2) is 27.5 Å². The number of fused-ring (bicyclic) bond motifs is 2. The molecule has 0 radical (unpaired) electrons. The zero-order valence-corrected chi connectivity index (χ0v) is 19.6. The van der Waals surface area contributed by atoms with Crippen molar-refractivity contribution in [2.24, 2.45) is 0 Å². The molecule has 7 rings (SSSR count). The van der Waals surface area contributed by atoms with Gasteiger partial charge in [-0.05, 0) is 62.3 Å². The summed E-state index contributed by atoms with van der Waals surface area (Å²) < 4.78 is 60.7. The third-order valence-electron chi connectivity index (χ3n) is 7.57. The molecule has 4 aromatic rings. The highest BCUT2D eigenvalue weighted by molar-refractivity contribution is 5.62. The molecule has 0 amide bonds. The molecule has 3 heterocycles. The summed E-state index contributed by atoms with van der Waals surface area (Å²) in [5.74, 6) is -1.29. The van der Waals surface area contributed by atoms with Gasteiger partial charge in [-0.2, -0.15) is 5.10 Å². The Labute approximate surface area is 208 Å². The van der Waals surface area contributed by atoms with E-state index in [1.165, 1.54) is 24.4 Å². The van der Waals surface area contributed by atoms with E-state index in [1.54, 1.807) is 12.3 Å². The van der Waals surface area contributed by atoms with E-state index in [-0.39, 0.29) is 34.5 Å². The van der Waals surface area contributed by atoms with Crippen molar-refractivity contribution in [1.29, 1.82) is 0 Å². The third kappa shape index (κ3) is 3.63. The Morgan fingerprint density at radius 1 is 1.05 bits per heavy atom. The number of benzene rings is 1. The molecule has 1 fully saturated rings. The zero-order valence-electron chi connectivity index (χ0n) is 19.6. The third-order valence-corrected chi connectivity index (χ3v) is 7.57. The van der Waals surface area contributed by atoms with Gasteiger partial charge >= 0.3 is 0 Å². The molecule has 1 N–H and O–H groups in total. The van der Waals surface area contributed by atoms with Crippen molar-refractivity contribution in [2.75, 3.05) is 0 Å². The molecule has 3 aromatic heterocycles. The number of aliphatic hydroxyl groups is 1. The van der Waals surface area contributed by atoms with Crippen LogP contribution in [-0.2, 0) is 11.0 Å². The number of hydrogen-bond donors (Lipinski definition) is 1. The van der Waals surface area contributed by atoms with Crippen LogP contribution in [0.1, 0.15) is 61.2 Å². The Morgan fingerprint density at radius 2 is 1.78 bits per heavy atom. The normalized spacial score (nSPS) is 22.2. The van der Waals surface area contributed by atoms with Crippen LogP contribution >= 0.6 is 0 Å². The van der Waals surface area contributed by atoms with Crippen LogP contribution in [0, 0.1) is 11.6 Å². The van der Waals surface area contributed by atoms with E-state index in [1.807, 2.05) is 0 Å². The minimum absolute atomic E-state index is 0.0529. The summed E-state index contributed by atoms with van der Waals surface area (Å²) in [5.41, 5.74) is -1.12. The van der Waals surface area contributed by atoms with E-state index in [0.717, 1.165) is 44.4 Å². The van der Waals surface area contributed by atoms with Crippen LogP contribution in [0.25, 0.3) is 22.8 Å². The first-order valence-corrected chi connectivity index (χ1v) is 11.8. The van der Waals surface area contributed by atoms with Crippen LogP contribution in [0.15, 0.2) is 47.3 Å². The average molecular weight is 511 g/mol. The molecule has 1 atom stereocenters. The average Bonchev–Trinajstić information content (AvgIpc) is 3.41. The van der Waals surface area contributed by atoms with Crippen molar-refractivity contribution in [3.05, 3.63) is 77.2 Å². The highest BCUT2D eigenvalue weighted by Crippen LogP contribution is 2.55. The minimum Gasteiger partial charge on any atom is -0.443 e. The van der Waals surface area contributed by atoms with E-state index in [4.69, 9.17) is 9.40 Å². The molecule has 1 saturated carbocycles. The lowest BCUT2D eigenvalue weighted by atomic mass is 9.58. The largest absolute Gasteiger partial charge is 0.443 e. The molecule has 11 heteroatoms. The number of rotatable bonds is 5. The molecule has 0 spiro atoms. The molecule has 37 heavy (non-hydrogen) atoms. The maximum absolute atomic E-state index is 14.4. The highest BCUT2D eigenvalue weighted by atomic mass is 19.3. The van der Waals surface area contributed by atoms with Gasteiger partial charge in [-0.3, -0.25) is 4.98 Å². The fourth-order valence-corrected chi connectivity index (χ4v) is 5.43. The molecule has 7 nitrogen and oxygen atoms in total. The summed E-state index contributed by atoms with van der Waals surface area (Å²) in [6, 6.07) is 5.38. The van der Waals surface area contributed by atoms with Gasteiger partial charge in [-0.1, -0.05) is 6.07 Å². The van der Waals surface area contributed by atoms with Crippen molar-refractivity contribution < 1.29 is 27.1 Å². The molecular weight excluding hydrogens is 490 g/mol. The number of halogens is 4. The molecule has 0 aliphatic heterocycles. The second-order valence-corrected chi connectivity index (χ2v) is 9.76. The topological polar surface area (TPSA) is 97.8 Å². The smallest absolute Gasteiger partial charge is 0.272 e. The Balaban J connectivity index is 1.41. The first-order chi connectivity index (χ1) is 17.7. The lowest BCUT2D eigenvalue weighted by molar-refractivity contribution is -0.0910. The number of hydrogen-bond acceptors (Lipinski definition) is 7. The summed E-state index contributed by atoms with van der Waals surface area (Å²) >= 11 is 0.